The summed E-state index contributed by atoms with van der Waals surface area (Å²) in [6, 6.07) is 16.0. The van der Waals surface area contributed by atoms with Gasteiger partial charge in [-0.2, -0.15) is 0 Å². The molecule has 1 aromatic heterocycles. The van der Waals surface area contributed by atoms with Crippen LogP contribution in [0.15, 0.2) is 64.0 Å². The zero-order chi connectivity index (χ0) is 18.7. The number of nitrogens with zero attached hydrogens (tertiary/aromatic N) is 1. The van der Waals surface area contributed by atoms with Crippen LogP contribution in [0.1, 0.15) is 13.8 Å². The summed E-state index contributed by atoms with van der Waals surface area (Å²) in [5.74, 6) is 0.326. The van der Waals surface area contributed by atoms with Gasteiger partial charge >= 0.3 is 5.97 Å². The van der Waals surface area contributed by atoms with Crippen LogP contribution in [0.25, 0.3) is 22.3 Å². The summed E-state index contributed by atoms with van der Waals surface area (Å²) in [7, 11) is 1.62. The fourth-order valence-corrected chi connectivity index (χ4v) is 2.76. The van der Waals surface area contributed by atoms with E-state index >= 15 is 0 Å². The number of rotatable bonds is 5. The molecule has 1 atom stereocenters. The minimum atomic E-state index is -0.934. The van der Waals surface area contributed by atoms with Crippen molar-refractivity contribution >= 4 is 16.9 Å². The number of ether oxygens (including phenoxy) is 1. The molecule has 0 spiro atoms. The number of carboxylic acid groups (broad SMARTS) is 1. The van der Waals surface area contributed by atoms with E-state index < -0.39 is 12.0 Å². The van der Waals surface area contributed by atoms with E-state index in [1.165, 1.54) is 0 Å². The maximum Gasteiger partial charge on any atom is 0.328 e. The quantitative estimate of drug-likeness (QED) is 0.750. The van der Waals surface area contributed by atoms with Crippen LogP contribution in [0, 0.1) is 5.92 Å². The topological polar surface area (TPSA) is 72.0 Å². The van der Waals surface area contributed by atoms with Crippen LogP contribution in [-0.2, 0) is 4.79 Å². The predicted molar refractivity (Wildman–Crippen MR) is 100 cm³/mol. The molecule has 0 saturated heterocycles. The Bertz CT molecular complexity index is 987. The first-order valence-corrected chi connectivity index (χ1v) is 8.43. The van der Waals surface area contributed by atoms with Crippen molar-refractivity contribution in [2.24, 2.45) is 10.9 Å². The van der Waals surface area contributed by atoms with Crippen LogP contribution >= 0.6 is 0 Å². The first-order valence-electron chi connectivity index (χ1n) is 8.43. The van der Waals surface area contributed by atoms with Gasteiger partial charge in [0.1, 0.15) is 23.1 Å². The van der Waals surface area contributed by atoms with Crippen LogP contribution < -0.4 is 10.1 Å². The molecule has 0 unspecified atom stereocenters. The lowest BCUT2D eigenvalue weighted by atomic mass is 10.1. The van der Waals surface area contributed by atoms with Crippen molar-refractivity contribution in [2.75, 3.05) is 7.11 Å². The van der Waals surface area contributed by atoms with Crippen molar-refractivity contribution < 1.29 is 19.1 Å². The summed E-state index contributed by atoms with van der Waals surface area (Å²) in [4.78, 5) is 16.1. The molecule has 2 aromatic carbocycles. The van der Waals surface area contributed by atoms with E-state index in [4.69, 9.17) is 9.15 Å². The summed E-state index contributed by atoms with van der Waals surface area (Å²) in [5.41, 5.74) is 1.52. The largest absolute Gasteiger partial charge is 0.497 e. The van der Waals surface area contributed by atoms with Gasteiger partial charge in [-0.3, -0.25) is 4.99 Å². The van der Waals surface area contributed by atoms with E-state index in [0.717, 1.165) is 16.7 Å². The Morgan fingerprint density at radius 1 is 1.12 bits per heavy atom. The Hall–Kier alpha value is -3.08. The van der Waals surface area contributed by atoms with Crippen molar-refractivity contribution in [1.29, 1.82) is 0 Å². The SMILES string of the molecule is COc1ccc(-c2cc(=N[C@@H](C(=O)O)C(C)C)c3ccccc3o2)cc1. The summed E-state index contributed by atoms with van der Waals surface area (Å²) in [5, 5.41) is 10.9. The highest BCUT2D eigenvalue weighted by molar-refractivity contribution is 5.79. The molecule has 0 aliphatic carbocycles. The fraction of sp³-hybridized carbons (Fsp3) is 0.238. The smallest absolute Gasteiger partial charge is 0.328 e. The van der Waals surface area contributed by atoms with Gasteiger partial charge in [-0.1, -0.05) is 26.0 Å². The summed E-state index contributed by atoms with van der Waals surface area (Å²) >= 11 is 0. The van der Waals surface area contributed by atoms with Crippen molar-refractivity contribution in [2.45, 2.75) is 19.9 Å². The monoisotopic (exact) mass is 351 g/mol. The minimum absolute atomic E-state index is 0.118. The highest BCUT2D eigenvalue weighted by Crippen LogP contribution is 2.24. The van der Waals surface area contributed by atoms with Gasteiger partial charge in [-0.05, 0) is 42.3 Å². The highest BCUT2D eigenvalue weighted by Gasteiger charge is 2.20. The molecule has 0 aliphatic rings. The second-order valence-electron chi connectivity index (χ2n) is 6.38. The maximum atomic E-state index is 11.6. The van der Waals surface area contributed by atoms with Crippen LogP contribution in [0.2, 0.25) is 0 Å². The fourth-order valence-electron chi connectivity index (χ4n) is 2.76. The van der Waals surface area contributed by atoms with E-state index in [1.54, 1.807) is 13.2 Å². The molecule has 1 heterocycles. The Balaban J connectivity index is 2.22. The molecule has 5 nitrogen and oxygen atoms in total. The third kappa shape index (κ3) is 3.61. The normalized spacial score (nSPS) is 13.2. The van der Waals surface area contributed by atoms with Crippen molar-refractivity contribution in [3.05, 3.63) is 60.0 Å². The molecular weight excluding hydrogens is 330 g/mol. The third-order valence-corrected chi connectivity index (χ3v) is 4.19. The van der Waals surface area contributed by atoms with Crippen LogP contribution in [0.3, 0.4) is 0 Å². The van der Waals surface area contributed by atoms with Crippen molar-refractivity contribution in [1.82, 2.24) is 0 Å². The van der Waals surface area contributed by atoms with E-state index in [0.29, 0.717) is 16.7 Å². The zero-order valence-corrected chi connectivity index (χ0v) is 15.0. The number of benzene rings is 2. The van der Waals surface area contributed by atoms with Gasteiger partial charge in [-0.25, -0.2) is 4.79 Å². The molecule has 3 aromatic rings. The third-order valence-electron chi connectivity index (χ3n) is 4.19. The molecule has 0 amide bonds. The van der Waals surface area contributed by atoms with Gasteiger partial charge in [0.25, 0.3) is 0 Å². The second kappa shape index (κ2) is 7.44. The number of hydrogen-bond donors (Lipinski definition) is 1. The number of carbonyl (C=O) groups is 1. The van der Waals surface area contributed by atoms with Gasteiger partial charge in [0.15, 0.2) is 0 Å². The Labute approximate surface area is 151 Å². The lowest BCUT2D eigenvalue weighted by Crippen LogP contribution is -2.26. The number of para-hydroxylation sites is 1. The Morgan fingerprint density at radius 2 is 1.81 bits per heavy atom. The maximum absolute atomic E-state index is 11.6. The summed E-state index contributed by atoms with van der Waals surface area (Å²) in [6.07, 6.45) is 0. The number of carboxylic acids is 1. The van der Waals surface area contributed by atoms with Gasteiger partial charge in [-0.15, -0.1) is 0 Å². The standard InChI is InChI=1S/C21H21NO4/c1-13(2)20(21(23)24)22-17-12-19(14-8-10-15(25-3)11-9-14)26-18-7-5-4-6-16(17)18/h4-13,20H,1-3H3,(H,23,24)/t20-/m1/s1. The molecule has 0 radical (unpaired) electrons. The number of hydrogen-bond acceptors (Lipinski definition) is 4. The first kappa shape index (κ1) is 17.7. The molecule has 1 N–H and O–H groups in total. The number of methoxy groups -OCH3 is 1. The van der Waals surface area contributed by atoms with Crippen molar-refractivity contribution in [3.63, 3.8) is 0 Å². The molecular formula is C21H21NO4. The second-order valence-corrected chi connectivity index (χ2v) is 6.38. The zero-order valence-electron chi connectivity index (χ0n) is 15.0. The van der Waals surface area contributed by atoms with Gasteiger partial charge < -0.3 is 14.3 Å². The van der Waals surface area contributed by atoms with Gasteiger partial charge in [0.05, 0.1) is 12.5 Å². The van der Waals surface area contributed by atoms with Crippen LogP contribution in [0.4, 0.5) is 0 Å². The van der Waals surface area contributed by atoms with E-state index in [2.05, 4.69) is 4.99 Å². The molecule has 134 valence electrons. The Morgan fingerprint density at radius 3 is 2.42 bits per heavy atom. The van der Waals surface area contributed by atoms with Gasteiger partial charge in [0, 0.05) is 17.0 Å². The number of aliphatic carboxylic acids is 1. The molecule has 0 aliphatic heterocycles. The lowest BCUT2D eigenvalue weighted by Gasteiger charge is -2.12. The predicted octanol–water partition coefficient (Wildman–Crippen LogP) is 4.12. The molecule has 3 rings (SSSR count). The Kier molecular flexibility index (Phi) is 5.07. The average molecular weight is 351 g/mol. The van der Waals surface area contributed by atoms with E-state index in [1.807, 2.05) is 62.4 Å². The first-order chi connectivity index (χ1) is 12.5. The summed E-state index contributed by atoms with van der Waals surface area (Å²) < 4.78 is 11.2. The van der Waals surface area contributed by atoms with E-state index in [-0.39, 0.29) is 5.92 Å². The van der Waals surface area contributed by atoms with E-state index in [9.17, 15) is 9.90 Å². The average Bonchev–Trinajstić information content (AvgIpc) is 2.65. The van der Waals surface area contributed by atoms with Gasteiger partial charge in [0.2, 0.25) is 0 Å². The summed E-state index contributed by atoms with van der Waals surface area (Å²) in [6.45, 7) is 3.70. The van der Waals surface area contributed by atoms with Crippen LogP contribution in [-0.4, -0.2) is 24.2 Å². The molecule has 0 fully saturated rings. The molecule has 0 saturated carbocycles. The van der Waals surface area contributed by atoms with Crippen molar-refractivity contribution in [3.8, 4) is 17.1 Å². The molecule has 26 heavy (non-hydrogen) atoms. The lowest BCUT2D eigenvalue weighted by molar-refractivity contribution is -0.139. The van der Waals surface area contributed by atoms with Crippen LogP contribution in [0.5, 0.6) is 5.75 Å². The highest BCUT2D eigenvalue weighted by atomic mass is 16.5. The minimum Gasteiger partial charge on any atom is -0.497 e. The number of fused-ring (bicyclic) bond motifs is 1. The molecule has 5 heteroatoms. The molecule has 0 bridgehead atoms.